The summed E-state index contributed by atoms with van der Waals surface area (Å²) in [6, 6.07) is 0.870. The molecule has 1 aromatic rings. The van der Waals surface area contributed by atoms with E-state index in [1.54, 1.807) is 12.2 Å². The Balaban J connectivity index is 2.07. The molecule has 1 aliphatic rings. The van der Waals surface area contributed by atoms with Crippen molar-refractivity contribution in [2.45, 2.75) is 0 Å². The first-order valence-corrected chi connectivity index (χ1v) is 5.82. The number of amides is 1. The smallest absolute Gasteiger partial charge is 0.265 e. The number of dihydropyridines is 1. The Labute approximate surface area is 105 Å². The van der Waals surface area contributed by atoms with Crippen molar-refractivity contribution >= 4 is 28.8 Å². The molecule has 1 aromatic heterocycles. The van der Waals surface area contributed by atoms with Gasteiger partial charge in [-0.25, -0.2) is 4.39 Å². The Morgan fingerprint density at radius 1 is 1.47 bits per heavy atom. The fourth-order valence-electron chi connectivity index (χ4n) is 1.22. The summed E-state index contributed by atoms with van der Waals surface area (Å²) in [6.45, 7) is 0.359. The maximum Gasteiger partial charge on any atom is 0.265 e. The molecule has 1 aliphatic heterocycles. The van der Waals surface area contributed by atoms with Gasteiger partial charge in [0.15, 0.2) is 5.82 Å². The van der Waals surface area contributed by atoms with Crippen molar-refractivity contribution in [3.05, 3.63) is 44.9 Å². The van der Waals surface area contributed by atoms with Crippen LogP contribution in [0.3, 0.4) is 0 Å². The zero-order valence-electron chi connectivity index (χ0n) is 8.39. The third-order valence-electron chi connectivity index (χ3n) is 2.02. The molecular formula is C10H7ClF2N2OS. The molecule has 2 heterocycles. The number of carbonyl (C=O) groups is 1. The summed E-state index contributed by atoms with van der Waals surface area (Å²) in [7, 11) is 0. The molecule has 3 nitrogen and oxygen atoms in total. The van der Waals surface area contributed by atoms with Gasteiger partial charge in [0.25, 0.3) is 5.91 Å². The molecule has 0 aliphatic carbocycles. The van der Waals surface area contributed by atoms with Crippen LogP contribution in [0.25, 0.3) is 0 Å². The summed E-state index contributed by atoms with van der Waals surface area (Å²) in [5.74, 6) is -1.56. The van der Waals surface area contributed by atoms with Crippen LogP contribution in [0.4, 0.5) is 8.78 Å². The molecule has 0 aromatic carbocycles. The number of thiophene rings is 1. The number of hydrogen-bond donors (Lipinski definition) is 2. The van der Waals surface area contributed by atoms with Crippen molar-refractivity contribution in [3.8, 4) is 0 Å². The fourth-order valence-corrected chi connectivity index (χ4v) is 2.01. The zero-order valence-corrected chi connectivity index (χ0v) is 9.96. The highest BCUT2D eigenvalue weighted by Gasteiger charge is 2.16. The van der Waals surface area contributed by atoms with Crippen molar-refractivity contribution < 1.29 is 13.6 Å². The van der Waals surface area contributed by atoms with Crippen molar-refractivity contribution in [3.63, 3.8) is 0 Å². The van der Waals surface area contributed by atoms with Gasteiger partial charge in [0.1, 0.15) is 5.16 Å². The maximum absolute atomic E-state index is 12.7. The zero-order chi connectivity index (χ0) is 12.4. The van der Waals surface area contributed by atoms with Crippen LogP contribution in [0.5, 0.6) is 0 Å². The van der Waals surface area contributed by atoms with E-state index in [4.69, 9.17) is 11.6 Å². The van der Waals surface area contributed by atoms with E-state index >= 15 is 0 Å². The van der Waals surface area contributed by atoms with Gasteiger partial charge < -0.3 is 10.6 Å². The topological polar surface area (TPSA) is 41.1 Å². The number of nitrogens with one attached hydrogen (secondary N) is 2. The minimum Gasteiger partial charge on any atom is -0.370 e. The highest BCUT2D eigenvalue weighted by Crippen LogP contribution is 2.19. The number of carbonyl (C=O) groups excluding carboxylic acids is 1. The highest BCUT2D eigenvalue weighted by molar-refractivity contribution is 7.12. The molecule has 7 heteroatoms. The normalized spacial score (nSPS) is 14.8. The second kappa shape index (κ2) is 4.85. The van der Waals surface area contributed by atoms with Crippen molar-refractivity contribution in [1.82, 2.24) is 10.6 Å². The third-order valence-corrected chi connectivity index (χ3v) is 3.18. The standard InChI is InChI=1S/C10H7ClF2N2OS/c11-8-2-1-5(4-14-8)15-10(16)7-3-6(12)9(13)17-7/h1-3,14H,4H2,(H,15,16). The molecule has 0 fully saturated rings. The van der Waals surface area contributed by atoms with E-state index in [9.17, 15) is 13.6 Å². The summed E-state index contributed by atoms with van der Waals surface area (Å²) in [5.41, 5.74) is 0.577. The van der Waals surface area contributed by atoms with Gasteiger partial charge in [-0.2, -0.15) is 4.39 Å². The average molecular weight is 277 g/mol. The van der Waals surface area contributed by atoms with Crippen LogP contribution in [-0.4, -0.2) is 12.5 Å². The van der Waals surface area contributed by atoms with E-state index in [-0.39, 0.29) is 4.88 Å². The van der Waals surface area contributed by atoms with E-state index in [1.165, 1.54) is 0 Å². The van der Waals surface area contributed by atoms with Crippen molar-refractivity contribution in [2.75, 3.05) is 6.54 Å². The summed E-state index contributed by atoms with van der Waals surface area (Å²) in [4.78, 5) is 11.6. The molecule has 0 unspecified atom stereocenters. The lowest BCUT2D eigenvalue weighted by atomic mass is 10.3. The molecule has 2 N–H and O–H groups in total. The Morgan fingerprint density at radius 2 is 2.24 bits per heavy atom. The molecule has 1 amide bonds. The lowest BCUT2D eigenvalue weighted by molar-refractivity contribution is 0.0968. The summed E-state index contributed by atoms with van der Waals surface area (Å²) >= 11 is 6.12. The number of rotatable bonds is 2. The molecule has 0 bridgehead atoms. The molecule has 0 radical (unpaired) electrons. The quantitative estimate of drug-likeness (QED) is 0.814. The minimum atomic E-state index is -1.01. The summed E-state index contributed by atoms with van der Waals surface area (Å²) in [5, 5.41) is 4.81. The minimum absolute atomic E-state index is 0.0125. The lowest BCUT2D eigenvalue weighted by Crippen LogP contribution is -2.30. The van der Waals surface area contributed by atoms with Gasteiger partial charge in [-0.3, -0.25) is 4.79 Å². The first-order chi connectivity index (χ1) is 8.06. The molecule has 90 valence electrons. The van der Waals surface area contributed by atoms with Crippen molar-refractivity contribution in [2.24, 2.45) is 0 Å². The first kappa shape index (κ1) is 12.1. The van der Waals surface area contributed by atoms with Crippen LogP contribution in [-0.2, 0) is 0 Å². The predicted molar refractivity (Wildman–Crippen MR) is 61.7 cm³/mol. The Bertz CT molecular complexity index is 505. The Kier molecular flexibility index (Phi) is 3.44. The monoisotopic (exact) mass is 276 g/mol. The SMILES string of the molecule is O=C(NC1=CC=C(Cl)NC1)c1cc(F)c(F)s1. The van der Waals surface area contributed by atoms with Gasteiger partial charge in [-0.1, -0.05) is 22.9 Å². The van der Waals surface area contributed by atoms with Crippen LogP contribution in [0.15, 0.2) is 29.1 Å². The van der Waals surface area contributed by atoms with Crippen LogP contribution < -0.4 is 10.6 Å². The predicted octanol–water partition coefficient (Wildman–Crippen LogP) is 2.32. The van der Waals surface area contributed by atoms with E-state index in [2.05, 4.69) is 10.6 Å². The van der Waals surface area contributed by atoms with E-state index in [1.807, 2.05) is 0 Å². The average Bonchev–Trinajstić information content (AvgIpc) is 2.63. The lowest BCUT2D eigenvalue weighted by Gasteiger charge is -2.13. The molecule has 0 atom stereocenters. The fraction of sp³-hybridized carbons (Fsp3) is 0.100. The van der Waals surface area contributed by atoms with Gasteiger partial charge in [0, 0.05) is 11.8 Å². The number of halogens is 3. The maximum atomic E-state index is 12.7. The van der Waals surface area contributed by atoms with E-state index in [0.717, 1.165) is 6.07 Å². The van der Waals surface area contributed by atoms with Crippen LogP contribution in [0.2, 0.25) is 0 Å². The van der Waals surface area contributed by atoms with Gasteiger partial charge >= 0.3 is 0 Å². The largest absolute Gasteiger partial charge is 0.370 e. The van der Waals surface area contributed by atoms with Gasteiger partial charge in [0.2, 0.25) is 5.13 Å². The van der Waals surface area contributed by atoms with Crippen LogP contribution in [0.1, 0.15) is 9.67 Å². The molecule has 0 saturated heterocycles. The first-order valence-electron chi connectivity index (χ1n) is 4.62. The Morgan fingerprint density at radius 3 is 2.76 bits per heavy atom. The second-order valence-corrected chi connectivity index (χ2v) is 4.66. The van der Waals surface area contributed by atoms with E-state index in [0.29, 0.717) is 28.7 Å². The third kappa shape index (κ3) is 2.83. The second-order valence-electron chi connectivity index (χ2n) is 3.25. The van der Waals surface area contributed by atoms with Gasteiger partial charge in [0.05, 0.1) is 11.4 Å². The number of allylic oxidation sites excluding steroid dienone is 2. The summed E-state index contributed by atoms with van der Waals surface area (Å²) < 4.78 is 25.5. The van der Waals surface area contributed by atoms with E-state index < -0.39 is 16.9 Å². The van der Waals surface area contributed by atoms with Crippen LogP contribution >= 0.6 is 22.9 Å². The van der Waals surface area contributed by atoms with Crippen LogP contribution in [0, 0.1) is 10.9 Å². The summed E-state index contributed by atoms with van der Waals surface area (Å²) in [6.07, 6.45) is 3.20. The van der Waals surface area contributed by atoms with Gasteiger partial charge in [-0.05, 0) is 12.2 Å². The van der Waals surface area contributed by atoms with Gasteiger partial charge in [-0.15, -0.1) is 0 Å². The molecule has 2 rings (SSSR count). The highest BCUT2D eigenvalue weighted by atomic mass is 35.5. The Hall–Kier alpha value is -1.40. The van der Waals surface area contributed by atoms with Crippen molar-refractivity contribution in [1.29, 1.82) is 0 Å². The molecule has 17 heavy (non-hydrogen) atoms. The molecule has 0 spiro atoms. The molecular weight excluding hydrogens is 270 g/mol. The molecule has 0 saturated carbocycles. The number of hydrogen-bond acceptors (Lipinski definition) is 3.